The average molecular weight is 284 g/mol. The SMILES string of the molecule is COC(=O)C(=N)C(=O)Cc1ccc(Br)cc1. The van der Waals surface area contributed by atoms with Crippen LogP contribution in [0, 0.1) is 5.41 Å². The molecule has 16 heavy (non-hydrogen) atoms. The number of rotatable bonds is 4. The van der Waals surface area contributed by atoms with Crippen LogP contribution >= 0.6 is 15.9 Å². The van der Waals surface area contributed by atoms with Crippen LogP contribution in [0.5, 0.6) is 0 Å². The maximum absolute atomic E-state index is 11.5. The number of halogens is 1. The van der Waals surface area contributed by atoms with Gasteiger partial charge in [0, 0.05) is 10.9 Å². The minimum absolute atomic E-state index is 0.0290. The van der Waals surface area contributed by atoms with Crippen molar-refractivity contribution in [3.05, 3.63) is 34.3 Å². The Morgan fingerprint density at radius 1 is 1.31 bits per heavy atom. The van der Waals surface area contributed by atoms with E-state index in [-0.39, 0.29) is 6.42 Å². The van der Waals surface area contributed by atoms with E-state index in [1.54, 1.807) is 24.3 Å². The second kappa shape index (κ2) is 5.55. The zero-order valence-electron chi connectivity index (χ0n) is 8.62. The predicted octanol–water partition coefficient (Wildman–Crippen LogP) is 1.75. The van der Waals surface area contributed by atoms with Crippen molar-refractivity contribution >= 4 is 33.4 Å². The van der Waals surface area contributed by atoms with Gasteiger partial charge in [0.15, 0.2) is 11.5 Å². The Morgan fingerprint density at radius 3 is 2.38 bits per heavy atom. The van der Waals surface area contributed by atoms with E-state index in [2.05, 4.69) is 20.7 Å². The summed E-state index contributed by atoms with van der Waals surface area (Å²) in [7, 11) is 1.14. The number of hydrogen-bond donors (Lipinski definition) is 1. The van der Waals surface area contributed by atoms with Crippen LogP contribution in [-0.4, -0.2) is 24.6 Å². The molecular formula is C11H10BrNO3. The molecule has 5 heteroatoms. The van der Waals surface area contributed by atoms with Crippen LogP contribution in [0.15, 0.2) is 28.7 Å². The standard InChI is InChI=1S/C11H10BrNO3/c1-16-11(15)10(13)9(14)6-7-2-4-8(12)5-3-7/h2-5,13H,6H2,1H3. The molecule has 0 saturated carbocycles. The third-order valence-corrected chi connectivity index (χ3v) is 2.47. The second-order valence-corrected chi connectivity index (χ2v) is 4.01. The Balaban J connectivity index is 2.68. The quantitative estimate of drug-likeness (QED) is 0.520. The molecule has 0 spiro atoms. The first-order valence-corrected chi connectivity index (χ1v) is 5.28. The third kappa shape index (κ3) is 3.27. The van der Waals surface area contributed by atoms with Gasteiger partial charge in [-0.15, -0.1) is 0 Å². The highest BCUT2D eigenvalue weighted by atomic mass is 79.9. The van der Waals surface area contributed by atoms with Crippen LogP contribution in [0.25, 0.3) is 0 Å². The van der Waals surface area contributed by atoms with Gasteiger partial charge in [0.25, 0.3) is 0 Å². The van der Waals surface area contributed by atoms with Gasteiger partial charge in [0.2, 0.25) is 0 Å². The van der Waals surface area contributed by atoms with Gasteiger partial charge in [0.1, 0.15) is 0 Å². The van der Waals surface area contributed by atoms with Crippen molar-refractivity contribution in [3.8, 4) is 0 Å². The summed E-state index contributed by atoms with van der Waals surface area (Å²) in [6.07, 6.45) is 0.0290. The molecule has 0 radical (unpaired) electrons. The molecule has 0 aliphatic carbocycles. The third-order valence-electron chi connectivity index (χ3n) is 1.95. The van der Waals surface area contributed by atoms with Crippen LogP contribution in [0.2, 0.25) is 0 Å². The van der Waals surface area contributed by atoms with E-state index < -0.39 is 17.5 Å². The summed E-state index contributed by atoms with van der Waals surface area (Å²) in [4.78, 5) is 22.4. The fourth-order valence-corrected chi connectivity index (χ4v) is 1.36. The van der Waals surface area contributed by atoms with E-state index in [1.165, 1.54) is 0 Å². The van der Waals surface area contributed by atoms with Crippen molar-refractivity contribution < 1.29 is 14.3 Å². The lowest BCUT2D eigenvalue weighted by Gasteiger charge is -2.01. The number of ketones is 1. The van der Waals surface area contributed by atoms with Gasteiger partial charge in [-0.2, -0.15) is 0 Å². The normalized spacial score (nSPS) is 9.62. The highest BCUT2D eigenvalue weighted by molar-refractivity contribution is 9.10. The molecule has 1 rings (SSSR count). The van der Waals surface area contributed by atoms with Crippen LogP contribution < -0.4 is 0 Å². The molecule has 84 valence electrons. The van der Waals surface area contributed by atoms with E-state index in [0.29, 0.717) is 0 Å². The fourth-order valence-electron chi connectivity index (χ4n) is 1.09. The lowest BCUT2D eigenvalue weighted by atomic mass is 10.1. The van der Waals surface area contributed by atoms with Crippen LogP contribution in [0.3, 0.4) is 0 Å². The predicted molar refractivity (Wildman–Crippen MR) is 62.6 cm³/mol. The zero-order valence-corrected chi connectivity index (χ0v) is 10.2. The molecule has 0 saturated heterocycles. The number of benzene rings is 1. The molecule has 0 aromatic heterocycles. The highest BCUT2D eigenvalue weighted by Gasteiger charge is 2.18. The van der Waals surface area contributed by atoms with Crippen molar-refractivity contribution in [2.45, 2.75) is 6.42 Å². The minimum atomic E-state index is -0.901. The lowest BCUT2D eigenvalue weighted by molar-refractivity contribution is -0.133. The molecule has 0 unspecified atom stereocenters. The summed E-state index contributed by atoms with van der Waals surface area (Å²) in [5.41, 5.74) is 0.132. The summed E-state index contributed by atoms with van der Waals surface area (Å²) in [5.74, 6) is -1.45. The van der Waals surface area contributed by atoms with E-state index in [4.69, 9.17) is 5.41 Å². The van der Waals surface area contributed by atoms with Gasteiger partial charge in [-0.3, -0.25) is 10.2 Å². The Morgan fingerprint density at radius 2 is 1.88 bits per heavy atom. The Hall–Kier alpha value is -1.49. The van der Waals surface area contributed by atoms with Gasteiger partial charge < -0.3 is 4.74 Å². The molecule has 0 amide bonds. The zero-order chi connectivity index (χ0) is 12.1. The van der Waals surface area contributed by atoms with Crippen LogP contribution in [-0.2, 0) is 20.7 Å². The molecule has 0 aliphatic rings. The minimum Gasteiger partial charge on any atom is -0.464 e. The fraction of sp³-hybridized carbons (Fsp3) is 0.182. The smallest absolute Gasteiger partial charge is 0.359 e. The Bertz CT molecular complexity index is 425. The number of ether oxygens (including phenoxy) is 1. The molecule has 0 aliphatic heterocycles. The summed E-state index contributed by atoms with van der Waals surface area (Å²) in [6, 6.07) is 7.10. The molecular weight excluding hydrogens is 274 g/mol. The van der Waals surface area contributed by atoms with E-state index in [9.17, 15) is 9.59 Å². The summed E-state index contributed by atoms with van der Waals surface area (Å²) >= 11 is 3.27. The van der Waals surface area contributed by atoms with Gasteiger partial charge in [0.05, 0.1) is 7.11 Å². The molecule has 1 aromatic rings. The van der Waals surface area contributed by atoms with Gasteiger partial charge in [-0.1, -0.05) is 28.1 Å². The topological polar surface area (TPSA) is 67.2 Å². The van der Waals surface area contributed by atoms with E-state index in [1.807, 2.05) is 0 Å². The molecule has 4 nitrogen and oxygen atoms in total. The second-order valence-electron chi connectivity index (χ2n) is 3.09. The summed E-state index contributed by atoms with van der Waals surface area (Å²) < 4.78 is 5.21. The molecule has 0 heterocycles. The maximum Gasteiger partial charge on any atom is 0.359 e. The number of esters is 1. The monoisotopic (exact) mass is 283 g/mol. The van der Waals surface area contributed by atoms with Crippen molar-refractivity contribution in [1.29, 1.82) is 5.41 Å². The first-order valence-electron chi connectivity index (χ1n) is 4.49. The van der Waals surface area contributed by atoms with Gasteiger partial charge >= 0.3 is 5.97 Å². The Kier molecular flexibility index (Phi) is 4.37. The lowest BCUT2D eigenvalue weighted by Crippen LogP contribution is -2.25. The number of hydrogen-bond acceptors (Lipinski definition) is 4. The van der Waals surface area contributed by atoms with Crippen LogP contribution in [0.4, 0.5) is 0 Å². The largest absolute Gasteiger partial charge is 0.464 e. The molecule has 0 atom stereocenters. The first kappa shape index (κ1) is 12.6. The number of nitrogens with one attached hydrogen (secondary N) is 1. The maximum atomic E-state index is 11.5. The van der Waals surface area contributed by atoms with Crippen molar-refractivity contribution in [1.82, 2.24) is 0 Å². The number of Topliss-reactive ketones (excluding diaryl/α,β-unsaturated/α-hetero) is 1. The van der Waals surface area contributed by atoms with Crippen LogP contribution in [0.1, 0.15) is 5.56 Å². The molecule has 0 fully saturated rings. The molecule has 1 aromatic carbocycles. The number of carbonyl (C=O) groups excluding carboxylic acids is 2. The van der Waals surface area contributed by atoms with Gasteiger partial charge in [-0.25, -0.2) is 4.79 Å². The highest BCUT2D eigenvalue weighted by Crippen LogP contribution is 2.11. The molecule has 0 bridgehead atoms. The van der Waals surface area contributed by atoms with E-state index >= 15 is 0 Å². The van der Waals surface area contributed by atoms with Crippen molar-refractivity contribution in [3.63, 3.8) is 0 Å². The molecule has 1 N–H and O–H groups in total. The number of methoxy groups -OCH3 is 1. The summed E-state index contributed by atoms with van der Waals surface area (Å²) in [5, 5.41) is 7.26. The summed E-state index contributed by atoms with van der Waals surface area (Å²) in [6.45, 7) is 0. The Labute approximate surface area is 101 Å². The van der Waals surface area contributed by atoms with E-state index in [0.717, 1.165) is 17.1 Å². The average Bonchev–Trinajstić information content (AvgIpc) is 2.30. The van der Waals surface area contributed by atoms with Crippen molar-refractivity contribution in [2.24, 2.45) is 0 Å². The number of carbonyl (C=O) groups is 2. The van der Waals surface area contributed by atoms with Gasteiger partial charge in [-0.05, 0) is 17.7 Å². The first-order chi connectivity index (χ1) is 7.54. The van der Waals surface area contributed by atoms with Crippen molar-refractivity contribution in [2.75, 3.05) is 7.11 Å².